The predicted molar refractivity (Wildman–Crippen MR) is 102 cm³/mol. The van der Waals surface area contributed by atoms with Crippen molar-refractivity contribution in [2.45, 2.75) is 11.8 Å². The van der Waals surface area contributed by atoms with Crippen LogP contribution in [0.3, 0.4) is 0 Å². The molecule has 1 N–H and O–H groups in total. The van der Waals surface area contributed by atoms with Crippen LogP contribution in [0.4, 0.5) is 0 Å². The largest absolute Gasteiger partial charge is 0.452 e. The van der Waals surface area contributed by atoms with Crippen molar-refractivity contribution in [1.29, 1.82) is 0 Å². The molecule has 4 nitrogen and oxygen atoms in total. The number of ether oxygens (including phenoxy) is 1. The minimum atomic E-state index is -0.661. The van der Waals surface area contributed by atoms with E-state index in [1.807, 2.05) is 31.2 Å². The summed E-state index contributed by atoms with van der Waals surface area (Å²) in [6.07, 6.45) is 0. The van der Waals surface area contributed by atoms with Crippen LogP contribution in [0.15, 0.2) is 47.4 Å². The zero-order chi connectivity index (χ0) is 18.2. The summed E-state index contributed by atoms with van der Waals surface area (Å²) in [5, 5.41) is 3.31. The van der Waals surface area contributed by atoms with E-state index in [1.54, 1.807) is 11.8 Å². The van der Waals surface area contributed by atoms with Gasteiger partial charge in [0.2, 0.25) is 0 Å². The Kier molecular flexibility index (Phi) is 7.62. The maximum atomic E-state index is 11.9. The molecule has 0 spiro atoms. The van der Waals surface area contributed by atoms with E-state index in [9.17, 15) is 9.59 Å². The molecule has 0 fully saturated rings. The number of carbonyl (C=O) groups excluding carboxylic acids is 2. The lowest BCUT2D eigenvalue weighted by atomic mass is 10.2. The molecular formula is C18H17Cl2NO3S. The number of amides is 1. The molecule has 0 saturated carbocycles. The second-order valence-electron chi connectivity index (χ2n) is 5.21. The topological polar surface area (TPSA) is 55.4 Å². The highest BCUT2D eigenvalue weighted by atomic mass is 35.5. The molecule has 1 amide bonds. The van der Waals surface area contributed by atoms with Crippen molar-refractivity contribution in [2.75, 3.05) is 18.9 Å². The van der Waals surface area contributed by atoms with Crippen LogP contribution in [0.1, 0.15) is 15.9 Å². The third-order valence-corrected chi connectivity index (χ3v) is 4.76. The Bertz CT molecular complexity index is 750. The van der Waals surface area contributed by atoms with Crippen LogP contribution in [-0.2, 0) is 9.53 Å². The number of carbonyl (C=O) groups is 2. The van der Waals surface area contributed by atoms with E-state index >= 15 is 0 Å². The average molecular weight is 398 g/mol. The number of thioether (sulfide) groups is 1. The number of nitrogens with one attached hydrogen (secondary N) is 1. The first-order valence-electron chi connectivity index (χ1n) is 7.54. The fourth-order valence-corrected chi connectivity index (χ4v) is 3.16. The minimum absolute atomic E-state index is 0.175. The van der Waals surface area contributed by atoms with Gasteiger partial charge >= 0.3 is 5.97 Å². The lowest BCUT2D eigenvalue weighted by Crippen LogP contribution is -2.30. The molecule has 25 heavy (non-hydrogen) atoms. The van der Waals surface area contributed by atoms with Crippen LogP contribution in [0.2, 0.25) is 10.0 Å². The van der Waals surface area contributed by atoms with Gasteiger partial charge in [-0.05, 0) is 37.3 Å². The van der Waals surface area contributed by atoms with Gasteiger partial charge in [0.15, 0.2) is 6.61 Å². The molecule has 0 aliphatic carbocycles. The second-order valence-corrected chi connectivity index (χ2v) is 7.22. The lowest BCUT2D eigenvalue weighted by Gasteiger charge is -2.08. The van der Waals surface area contributed by atoms with Gasteiger partial charge in [-0.15, -0.1) is 11.8 Å². The molecule has 0 atom stereocenters. The molecular weight excluding hydrogens is 381 g/mol. The van der Waals surface area contributed by atoms with Gasteiger partial charge in [-0.2, -0.15) is 0 Å². The fourth-order valence-electron chi connectivity index (χ4n) is 1.91. The number of hydrogen-bond acceptors (Lipinski definition) is 4. The Labute approximate surface area is 160 Å². The first-order chi connectivity index (χ1) is 12.0. The SMILES string of the molecule is Cc1ccc(SCCNC(=O)COC(=O)c2ccc(Cl)cc2Cl)cc1. The first-order valence-corrected chi connectivity index (χ1v) is 9.28. The van der Waals surface area contributed by atoms with Crippen molar-refractivity contribution in [3.63, 3.8) is 0 Å². The van der Waals surface area contributed by atoms with Crippen molar-refractivity contribution in [3.8, 4) is 0 Å². The summed E-state index contributed by atoms with van der Waals surface area (Å²) >= 11 is 13.3. The Balaban J connectivity index is 1.68. The zero-order valence-electron chi connectivity index (χ0n) is 13.6. The predicted octanol–water partition coefficient (Wildman–Crippen LogP) is 4.37. The monoisotopic (exact) mass is 397 g/mol. The fraction of sp³-hybridized carbons (Fsp3) is 0.222. The molecule has 0 aliphatic heterocycles. The van der Waals surface area contributed by atoms with Crippen LogP contribution >= 0.6 is 35.0 Å². The highest BCUT2D eigenvalue weighted by Gasteiger charge is 2.13. The number of aryl methyl sites for hydroxylation is 1. The Morgan fingerprint density at radius 1 is 1.12 bits per heavy atom. The standard InChI is InChI=1S/C18H17Cl2NO3S/c1-12-2-5-14(6-3-12)25-9-8-21-17(22)11-24-18(23)15-7-4-13(19)10-16(15)20/h2-7,10H,8-9,11H2,1H3,(H,21,22). The van der Waals surface area contributed by atoms with E-state index in [-0.39, 0.29) is 23.1 Å². The third-order valence-electron chi connectivity index (χ3n) is 3.20. The van der Waals surface area contributed by atoms with Crippen LogP contribution < -0.4 is 5.32 Å². The van der Waals surface area contributed by atoms with E-state index in [0.717, 1.165) is 10.6 Å². The number of halogens is 2. The van der Waals surface area contributed by atoms with Gasteiger partial charge in [0, 0.05) is 22.2 Å². The van der Waals surface area contributed by atoms with Gasteiger partial charge in [0.25, 0.3) is 5.91 Å². The van der Waals surface area contributed by atoms with Gasteiger partial charge in [-0.1, -0.05) is 40.9 Å². The number of hydrogen-bond donors (Lipinski definition) is 1. The van der Waals surface area contributed by atoms with Crippen molar-refractivity contribution in [3.05, 3.63) is 63.6 Å². The van der Waals surface area contributed by atoms with E-state index in [4.69, 9.17) is 27.9 Å². The maximum absolute atomic E-state index is 11.9. The van der Waals surface area contributed by atoms with Gasteiger partial charge < -0.3 is 10.1 Å². The van der Waals surface area contributed by atoms with Crippen LogP contribution in [0.5, 0.6) is 0 Å². The van der Waals surface area contributed by atoms with E-state index in [2.05, 4.69) is 5.32 Å². The van der Waals surface area contributed by atoms with Crippen LogP contribution in [-0.4, -0.2) is 30.8 Å². The number of benzene rings is 2. The van der Waals surface area contributed by atoms with E-state index in [1.165, 1.54) is 23.8 Å². The highest BCUT2D eigenvalue weighted by Crippen LogP contribution is 2.21. The van der Waals surface area contributed by atoms with Crippen molar-refractivity contribution in [1.82, 2.24) is 5.32 Å². The second kappa shape index (κ2) is 9.70. The molecule has 2 aromatic rings. The Hall–Kier alpha value is -1.69. The van der Waals surface area contributed by atoms with Crippen molar-refractivity contribution < 1.29 is 14.3 Å². The Morgan fingerprint density at radius 3 is 2.52 bits per heavy atom. The van der Waals surface area contributed by atoms with Gasteiger partial charge in [-0.25, -0.2) is 4.79 Å². The summed E-state index contributed by atoms with van der Waals surface area (Å²) in [7, 11) is 0. The maximum Gasteiger partial charge on any atom is 0.340 e. The quantitative estimate of drug-likeness (QED) is 0.428. The molecule has 0 aromatic heterocycles. The summed E-state index contributed by atoms with van der Waals surface area (Å²) in [6, 6.07) is 12.6. The molecule has 132 valence electrons. The first kappa shape index (κ1) is 19.6. The molecule has 0 saturated heterocycles. The molecule has 7 heteroatoms. The Morgan fingerprint density at radius 2 is 1.84 bits per heavy atom. The van der Waals surface area contributed by atoms with Crippen molar-refractivity contribution in [2.24, 2.45) is 0 Å². The number of rotatable bonds is 7. The molecule has 0 unspecified atom stereocenters. The average Bonchev–Trinajstić information content (AvgIpc) is 2.58. The molecule has 0 heterocycles. The van der Waals surface area contributed by atoms with Gasteiger partial charge in [0.1, 0.15) is 0 Å². The van der Waals surface area contributed by atoms with Gasteiger partial charge in [-0.3, -0.25) is 4.79 Å². The third kappa shape index (κ3) is 6.61. The normalized spacial score (nSPS) is 10.4. The minimum Gasteiger partial charge on any atom is -0.452 e. The highest BCUT2D eigenvalue weighted by molar-refractivity contribution is 7.99. The summed E-state index contributed by atoms with van der Waals surface area (Å²) in [5.74, 6) is -0.292. The summed E-state index contributed by atoms with van der Waals surface area (Å²) in [4.78, 5) is 24.8. The van der Waals surface area contributed by atoms with Crippen molar-refractivity contribution >= 4 is 46.8 Å². The molecule has 0 aliphatic rings. The molecule has 2 aromatic carbocycles. The molecule has 0 radical (unpaired) electrons. The summed E-state index contributed by atoms with van der Waals surface area (Å²) in [5.41, 5.74) is 1.38. The lowest BCUT2D eigenvalue weighted by molar-refractivity contribution is -0.124. The zero-order valence-corrected chi connectivity index (χ0v) is 15.9. The summed E-state index contributed by atoms with van der Waals surface area (Å²) < 4.78 is 4.95. The molecule has 2 rings (SSSR count). The van der Waals surface area contributed by atoms with Crippen LogP contribution in [0, 0.1) is 6.92 Å². The summed E-state index contributed by atoms with van der Waals surface area (Å²) in [6.45, 7) is 2.16. The number of esters is 1. The van der Waals surface area contributed by atoms with E-state index < -0.39 is 5.97 Å². The molecule has 0 bridgehead atoms. The van der Waals surface area contributed by atoms with Gasteiger partial charge in [0.05, 0.1) is 10.6 Å². The smallest absolute Gasteiger partial charge is 0.340 e. The van der Waals surface area contributed by atoms with Crippen LogP contribution in [0.25, 0.3) is 0 Å². The van der Waals surface area contributed by atoms with E-state index in [0.29, 0.717) is 11.6 Å².